The molecule has 5 atom stereocenters. The van der Waals surface area contributed by atoms with Gasteiger partial charge in [-0.25, -0.2) is 0 Å². The van der Waals surface area contributed by atoms with Gasteiger partial charge in [-0.15, -0.1) is 0 Å². The zero-order valence-corrected chi connectivity index (χ0v) is 17.6. The van der Waals surface area contributed by atoms with Crippen LogP contribution in [0.15, 0.2) is 0 Å². The molecule has 5 nitrogen and oxygen atoms in total. The van der Waals surface area contributed by atoms with E-state index in [4.69, 9.17) is 23.7 Å². The molecule has 0 saturated carbocycles. The van der Waals surface area contributed by atoms with Gasteiger partial charge in [-0.3, -0.25) is 0 Å². The first-order chi connectivity index (χ1) is 10.7. The molecule has 0 N–H and O–H groups in total. The molecule has 0 bridgehead atoms. The van der Waals surface area contributed by atoms with Gasteiger partial charge in [0.2, 0.25) is 0 Å². The summed E-state index contributed by atoms with van der Waals surface area (Å²) >= 11 is -0.914. The number of hydrogen-bond acceptors (Lipinski definition) is 6. The molecule has 0 spiro atoms. The van der Waals surface area contributed by atoms with Gasteiger partial charge in [0.15, 0.2) is 0 Å². The summed E-state index contributed by atoms with van der Waals surface area (Å²) in [6.07, 6.45) is -0.299. The van der Waals surface area contributed by atoms with Crippen molar-refractivity contribution in [1.82, 2.24) is 0 Å². The molecule has 0 aromatic heterocycles. The number of fused-ring (bicyclic) bond motifs is 1. The maximum atomic E-state index is 6.38. The number of rotatable bonds is 5. The Morgan fingerprint density at radius 1 is 0.913 bits per heavy atom. The van der Waals surface area contributed by atoms with Gasteiger partial charge >= 0.3 is 147 Å². The molecule has 3 fully saturated rings. The Kier molecular flexibility index (Phi) is 5.46. The summed E-state index contributed by atoms with van der Waals surface area (Å²) < 4.78 is 30.5. The molecule has 7 heteroatoms. The summed E-state index contributed by atoms with van der Waals surface area (Å²) in [5.41, 5.74) is 0.0546. The molecule has 134 valence electrons. The van der Waals surface area contributed by atoms with Crippen LogP contribution >= 0.6 is 10.0 Å². The minimum absolute atomic E-state index is 0.0118. The molecule has 3 aliphatic heterocycles. The van der Waals surface area contributed by atoms with Crippen molar-refractivity contribution in [2.45, 2.75) is 93.4 Å². The van der Waals surface area contributed by atoms with E-state index in [0.29, 0.717) is 6.61 Å². The Hall–Kier alpha value is 0.708. The molecule has 3 aliphatic rings. The summed E-state index contributed by atoms with van der Waals surface area (Å²) in [6.45, 7) is 13.0. The Balaban J connectivity index is 1.74. The molecule has 5 unspecified atom stereocenters. The Bertz CT molecular complexity index is 429. The molecule has 23 heavy (non-hydrogen) atoms. The van der Waals surface area contributed by atoms with E-state index in [0.717, 1.165) is 0 Å². The second-order valence-electron chi connectivity index (χ2n) is 7.12. The predicted octanol–water partition coefficient (Wildman–Crippen LogP) is 3.15. The van der Waals surface area contributed by atoms with Gasteiger partial charge in [0.1, 0.15) is 0 Å². The molecule has 0 amide bonds. The first kappa shape index (κ1) is 18.5. The van der Waals surface area contributed by atoms with Crippen LogP contribution in [0.3, 0.4) is 0 Å². The van der Waals surface area contributed by atoms with E-state index >= 15 is 0 Å². The van der Waals surface area contributed by atoms with E-state index in [1.807, 2.05) is 37.7 Å². The minimum atomic E-state index is -0.914. The predicted molar refractivity (Wildman–Crippen MR) is 91.7 cm³/mol. The normalized spacial score (nSPS) is 41.6. The third-order valence-electron chi connectivity index (χ3n) is 4.40. The standard InChI is InChI=1S/C16H29AsO5S/c1-7-17(8-2)23-14-13-12(21-16(5,6)22-13)11(19-14)10-9-18-15(3,4)20-10/h10-14H,7-9H2,1-6H3. The fourth-order valence-electron chi connectivity index (χ4n) is 3.37. The van der Waals surface area contributed by atoms with Crippen molar-refractivity contribution in [1.29, 1.82) is 0 Å². The van der Waals surface area contributed by atoms with E-state index in [1.54, 1.807) is 0 Å². The van der Waals surface area contributed by atoms with Crippen molar-refractivity contribution in [2.75, 3.05) is 6.61 Å². The SMILES string of the molecule is CC[As](CC)SC1OC(C2COC(C)(C)O2)C2OC(C)(C)OC12. The van der Waals surface area contributed by atoms with Crippen LogP contribution in [0.2, 0.25) is 10.4 Å². The van der Waals surface area contributed by atoms with E-state index < -0.39 is 25.1 Å². The fraction of sp³-hybridized carbons (Fsp3) is 1.00. The summed E-state index contributed by atoms with van der Waals surface area (Å²) in [4.78, 5) is 0. The van der Waals surface area contributed by atoms with E-state index in [9.17, 15) is 0 Å². The van der Waals surface area contributed by atoms with Crippen LogP contribution in [0.25, 0.3) is 0 Å². The van der Waals surface area contributed by atoms with Gasteiger partial charge in [-0.1, -0.05) is 0 Å². The van der Waals surface area contributed by atoms with Crippen LogP contribution in [0.5, 0.6) is 0 Å². The molecule has 0 aliphatic carbocycles. The van der Waals surface area contributed by atoms with E-state index in [-0.39, 0.29) is 29.9 Å². The molecular weight excluding hydrogens is 379 g/mol. The van der Waals surface area contributed by atoms with Crippen LogP contribution in [-0.4, -0.2) is 61.5 Å². The molecule has 3 saturated heterocycles. The zero-order valence-electron chi connectivity index (χ0n) is 14.9. The Morgan fingerprint density at radius 3 is 2.13 bits per heavy atom. The van der Waals surface area contributed by atoms with Crippen molar-refractivity contribution in [3.8, 4) is 0 Å². The zero-order chi connectivity index (χ0) is 16.8. The van der Waals surface area contributed by atoms with Crippen molar-refractivity contribution < 1.29 is 23.7 Å². The first-order valence-electron chi connectivity index (χ1n) is 8.49. The monoisotopic (exact) mass is 408 g/mol. The first-order valence-corrected chi connectivity index (χ1v) is 14.3. The van der Waals surface area contributed by atoms with Crippen LogP contribution in [0.1, 0.15) is 41.5 Å². The quantitative estimate of drug-likeness (QED) is 0.652. The molecule has 0 aromatic rings. The summed E-state index contributed by atoms with van der Waals surface area (Å²) in [7, 11) is 2.01. The summed E-state index contributed by atoms with van der Waals surface area (Å²) in [5, 5.41) is 2.55. The molecule has 3 heterocycles. The average molecular weight is 408 g/mol. The fourth-order valence-corrected chi connectivity index (χ4v) is 10.2. The van der Waals surface area contributed by atoms with Crippen LogP contribution < -0.4 is 0 Å². The Morgan fingerprint density at radius 2 is 1.57 bits per heavy atom. The maximum absolute atomic E-state index is 6.38. The van der Waals surface area contributed by atoms with Gasteiger partial charge in [0.25, 0.3) is 0 Å². The number of ether oxygens (including phenoxy) is 5. The van der Waals surface area contributed by atoms with Crippen LogP contribution in [-0.2, 0) is 23.7 Å². The average Bonchev–Trinajstić information content (AvgIpc) is 3.07. The van der Waals surface area contributed by atoms with Gasteiger partial charge in [-0.2, -0.15) is 0 Å². The third-order valence-corrected chi connectivity index (χ3v) is 14.1. The Labute approximate surface area is 147 Å². The van der Waals surface area contributed by atoms with Crippen LogP contribution in [0, 0.1) is 0 Å². The topological polar surface area (TPSA) is 46.2 Å². The van der Waals surface area contributed by atoms with Crippen molar-refractivity contribution in [2.24, 2.45) is 0 Å². The number of hydrogen-bond donors (Lipinski definition) is 0. The molecule has 3 rings (SSSR count). The summed E-state index contributed by atoms with van der Waals surface area (Å²) in [5.74, 6) is -1.10. The molecule has 0 aromatic carbocycles. The molecule has 0 radical (unpaired) electrons. The van der Waals surface area contributed by atoms with Gasteiger partial charge in [-0.05, 0) is 0 Å². The summed E-state index contributed by atoms with van der Waals surface area (Å²) in [6, 6.07) is 0. The van der Waals surface area contributed by atoms with Crippen LogP contribution in [0.4, 0.5) is 0 Å². The third kappa shape index (κ3) is 3.94. The van der Waals surface area contributed by atoms with Crippen molar-refractivity contribution in [3.05, 3.63) is 0 Å². The van der Waals surface area contributed by atoms with Gasteiger partial charge in [0, 0.05) is 0 Å². The van der Waals surface area contributed by atoms with Gasteiger partial charge < -0.3 is 0 Å². The van der Waals surface area contributed by atoms with Crippen molar-refractivity contribution in [3.63, 3.8) is 0 Å². The second kappa shape index (κ2) is 6.79. The second-order valence-corrected chi connectivity index (χ2v) is 16.5. The van der Waals surface area contributed by atoms with E-state index in [2.05, 4.69) is 13.8 Å². The van der Waals surface area contributed by atoms with Crippen molar-refractivity contribution >= 4 is 23.5 Å². The van der Waals surface area contributed by atoms with Gasteiger partial charge in [0.05, 0.1) is 0 Å². The van der Waals surface area contributed by atoms with E-state index in [1.165, 1.54) is 10.4 Å². The molecular formula is C16H29AsO5S.